The molecule has 6 aromatic rings. The average Bonchev–Trinajstić information content (AvgIpc) is 1.68. The Kier molecular flexibility index (Phi) is 22.6. The lowest BCUT2D eigenvalue weighted by molar-refractivity contribution is -0.175. The summed E-state index contributed by atoms with van der Waals surface area (Å²) in [6.45, 7) is 15.4. The number of phenolic OH excluding ortho intramolecular Hbond substituents is 1. The maximum atomic E-state index is 14.1. The van der Waals surface area contributed by atoms with Crippen molar-refractivity contribution in [3.63, 3.8) is 0 Å². The number of benzene rings is 4. The summed E-state index contributed by atoms with van der Waals surface area (Å²) in [6, 6.07) is 26.4. The number of hydrogen-bond donors (Lipinski definition) is 5. The van der Waals surface area contributed by atoms with Crippen molar-refractivity contribution in [1.82, 2.24) is 25.5 Å². The Balaban J connectivity index is 0.706. The van der Waals surface area contributed by atoms with Gasteiger partial charge in [0.1, 0.15) is 37.7 Å². The van der Waals surface area contributed by atoms with Gasteiger partial charge in [-0.05, 0) is 102 Å². The molecule has 5 N–H and O–H groups in total. The fraction of sp³-hybridized carbons (Fsp3) is 0.388. The average molecular weight is 1220 g/mol. The number of esters is 1. The molecule has 2 aromatic heterocycles. The summed E-state index contributed by atoms with van der Waals surface area (Å²) < 4.78 is 34.9. The first-order valence-electron chi connectivity index (χ1n) is 29.9. The van der Waals surface area contributed by atoms with Crippen LogP contribution in [0.1, 0.15) is 105 Å². The monoisotopic (exact) mass is 1220 g/mol. The highest BCUT2D eigenvalue weighted by molar-refractivity contribution is 5.99. The van der Waals surface area contributed by atoms with Gasteiger partial charge in [0.15, 0.2) is 0 Å². The number of aromatic hydroxyl groups is 1. The molecule has 0 spiro atoms. The molecular weight excluding hydrogens is 1140 g/mol. The summed E-state index contributed by atoms with van der Waals surface area (Å²) in [7, 11) is 0. The normalized spacial score (nSPS) is 14.5. The van der Waals surface area contributed by atoms with E-state index in [2.05, 4.69) is 27.8 Å². The van der Waals surface area contributed by atoms with Crippen LogP contribution in [0.4, 0.5) is 16.2 Å². The number of nitrogens with zero attached hydrogens (tertiary/aromatic N) is 3. The van der Waals surface area contributed by atoms with Crippen molar-refractivity contribution >= 4 is 70.0 Å². The first kappa shape index (κ1) is 65.7. The van der Waals surface area contributed by atoms with E-state index >= 15 is 0 Å². The molecule has 2 aliphatic rings. The molecule has 0 radical (unpaired) electrons. The van der Waals surface area contributed by atoms with E-state index in [0.29, 0.717) is 41.1 Å². The van der Waals surface area contributed by atoms with E-state index in [1.807, 2.05) is 62.4 Å². The van der Waals surface area contributed by atoms with Crippen LogP contribution in [0.5, 0.6) is 5.75 Å². The molecule has 22 heteroatoms. The predicted molar refractivity (Wildman–Crippen MR) is 332 cm³/mol. The van der Waals surface area contributed by atoms with Gasteiger partial charge >= 0.3 is 12.1 Å². The van der Waals surface area contributed by atoms with Crippen LogP contribution in [0.25, 0.3) is 28.4 Å². The number of fused-ring (bicyclic) bond motifs is 5. The third kappa shape index (κ3) is 15.9. The number of rotatable bonds is 30. The number of aromatic nitrogens is 2. The zero-order valence-corrected chi connectivity index (χ0v) is 51.1. The fourth-order valence-electron chi connectivity index (χ4n) is 10.8. The molecule has 8 rings (SSSR count). The molecule has 4 heterocycles. The van der Waals surface area contributed by atoms with Crippen molar-refractivity contribution in [2.24, 2.45) is 5.92 Å². The van der Waals surface area contributed by atoms with E-state index in [1.54, 1.807) is 84.8 Å². The number of amides is 5. The van der Waals surface area contributed by atoms with Gasteiger partial charge in [0, 0.05) is 47.3 Å². The molecule has 470 valence electrons. The highest BCUT2D eigenvalue weighted by atomic mass is 16.7. The molecule has 2 aliphatic heterocycles. The zero-order valence-electron chi connectivity index (χ0n) is 51.1. The van der Waals surface area contributed by atoms with E-state index < -0.39 is 53.1 Å². The van der Waals surface area contributed by atoms with Crippen LogP contribution in [0.15, 0.2) is 108 Å². The molecule has 3 atom stereocenters. The molecule has 0 bridgehead atoms. The quantitative estimate of drug-likeness (QED) is 0.0213. The lowest BCUT2D eigenvalue weighted by Crippen LogP contribution is -2.54. The third-order valence-corrected chi connectivity index (χ3v) is 15.6. The highest BCUT2D eigenvalue weighted by Crippen LogP contribution is 2.43. The number of pyridine rings is 2. The van der Waals surface area contributed by atoms with Crippen LogP contribution >= 0.6 is 0 Å². The zero-order chi connectivity index (χ0) is 63.8. The topological polar surface area (TPSA) is 281 Å². The Morgan fingerprint density at radius 1 is 0.798 bits per heavy atom. The first-order chi connectivity index (χ1) is 42.9. The molecule has 5 amide bonds. The van der Waals surface area contributed by atoms with Crippen LogP contribution in [0.3, 0.4) is 0 Å². The molecule has 22 nitrogen and oxygen atoms in total. The molecule has 89 heavy (non-hydrogen) atoms. The number of anilines is 2. The van der Waals surface area contributed by atoms with E-state index in [9.17, 15) is 43.5 Å². The van der Waals surface area contributed by atoms with Gasteiger partial charge in [-0.3, -0.25) is 28.8 Å². The Bertz CT molecular complexity index is 3660. The van der Waals surface area contributed by atoms with E-state index in [4.69, 9.17) is 33.4 Å². The molecule has 4 aromatic carbocycles. The van der Waals surface area contributed by atoms with Gasteiger partial charge in [-0.2, -0.15) is 0 Å². The van der Waals surface area contributed by atoms with Crippen LogP contribution in [-0.2, 0) is 102 Å². The molecule has 0 saturated carbocycles. The highest BCUT2D eigenvalue weighted by Gasteiger charge is 2.51. The smallest absolute Gasteiger partial charge is 0.508 e. The first-order valence-corrected chi connectivity index (χ1v) is 29.9. The summed E-state index contributed by atoms with van der Waals surface area (Å²) >= 11 is 0. The largest absolute Gasteiger partial charge is 0.510 e. The van der Waals surface area contributed by atoms with Crippen LogP contribution in [0, 0.1) is 5.92 Å². The molecule has 0 aliphatic carbocycles. The Labute approximate surface area is 516 Å². The van der Waals surface area contributed by atoms with Gasteiger partial charge in [-0.1, -0.05) is 102 Å². The standard InChI is InChI=1S/C67H77N7O15/c1-8-44-16-12-13-18-46(44)36-73(55-19-15-14-17-45(55)9-2)59(78)27-26-57(76)68-28-29-84-30-31-85-32-33-86-40-58(77)72-60(41(5)6)63(80)69-42(7)62(79)70-47-22-20-43(21-23-47)38-88-66(83)89-67(11-4)53-35-56-61-51(37-74(56)64(81)52(53)39-87-65(67)82)49(10-3)50-34-48(75)24-25-54(50)71-61/h8,12-25,34-35,41-42,60,75H,1,9-11,26-33,36-40H2,2-7H3,(H,68,76)(H,69,80)(H,70,79)(H,72,77)/t42-,60-,67-/m0/s1. The number of carbonyl (C=O) groups excluding carboxylic acids is 7. The second kappa shape index (κ2) is 30.6. The second-order valence-electron chi connectivity index (χ2n) is 21.9. The van der Waals surface area contributed by atoms with Gasteiger partial charge in [0.2, 0.25) is 35.1 Å². The number of nitrogens with one attached hydrogen (secondary N) is 4. The number of para-hydroxylation sites is 1. The van der Waals surface area contributed by atoms with Gasteiger partial charge in [0.05, 0.1) is 68.6 Å². The summed E-state index contributed by atoms with van der Waals surface area (Å²) in [5.41, 5.74) is 5.92. The number of aryl methyl sites for hydroxylation is 2. The lowest BCUT2D eigenvalue weighted by atomic mass is 9.85. The van der Waals surface area contributed by atoms with E-state index in [-0.39, 0.29) is 120 Å². The molecule has 0 saturated heterocycles. The second-order valence-corrected chi connectivity index (χ2v) is 21.9. The van der Waals surface area contributed by atoms with Gasteiger partial charge in [0.25, 0.3) is 5.56 Å². The summed E-state index contributed by atoms with van der Waals surface area (Å²) in [5, 5.41) is 21.8. The van der Waals surface area contributed by atoms with E-state index in [0.717, 1.165) is 45.3 Å². The summed E-state index contributed by atoms with van der Waals surface area (Å²) in [6.07, 6.45) is 1.89. The molecule has 0 unspecified atom stereocenters. The SMILES string of the molecule is C=Cc1ccccc1CN(C(=O)CCC(=O)NCCOCCOCCOCC(=O)N[C@H](C(=O)N[C@@H](C)C(=O)Nc1ccc(COC(=O)O[C@]2(CC)C(=O)OCc3c2cc2n(c3=O)Cc3c-2nc2ccc(O)cc2c3CC)cc1)C(C)C)c1ccccc1CC. The summed E-state index contributed by atoms with van der Waals surface area (Å²) in [4.78, 5) is 113. The Morgan fingerprint density at radius 2 is 1.51 bits per heavy atom. The third-order valence-electron chi connectivity index (χ3n) is 15.6. The number of cyclic esters (lactones) is 1. The van der Waals surface area contributed by atoms with Gasteiger partial charge in [-0.15, -0.1) is 0 Å². The predicted octanol–water partition coefficient (Wildman–Crippen LogP) is 7.68. The van der Waals surface area contributed by atoms with Crippen LogP contribution in [-0.4, -0.2) is 115 Å². The van der Waals surface area contributed by atoms with E-state index in [1.165, 1.54) is 6.92 Å². The van der Waals surface area contributed by atoms with Crippen molar-refractivity contribution in [3.05, 3.63) is 159 Å². The van der Waals surface area contributed by atoms with Gasteiger partial charge in [-0.25, -0.2) is 14.6 Å². The molecular formula is C67H77N7O15. The van der Waals surface area contributed by atoms with Crippen molar-refractivity contribution in [2.75, 3.05) is 56.4 Å². The van der Waals surface area contributed by atoms with Crippen LogP contribution in [0.2, 0.25) is 0 Å². The minimum Gasteiger partial charge on any atom is -0.508 e. The number of carbonyl (C=O) groups is 7. The van der Waals surface area contributed by atoms with Crippen molar-refractivity contribution in [1.29, 1.82) is 0 Å². The van der Waals surface area contributed by atoms with Crippen molar-refractivity contribution in [3.8, 4) is 17.1 Å². The Hall–Kier alpha value is -9.25. The van der Waals surface area contributed by atoms with Crippen LogP contribution < -0.4 is 31.7 Å². The van der Waals surface area contributed by atoms with Crippen molar-refractivity contribution in [2.45, 2.75) is 118 Å². The lowest BCUT2D eigenvalue weighted by Gasteiger charge is -2.35. The minimum absolute atomic E-state index is 0.0163. The number of ether oxygens (including phenoxy) is 6. The Morgan fingerprint density at radius 3 is 2.21 bits per heavy atom. The maximum absolute atomic E-state index is 14.1. The van der Waals surface area contributed by atoms with Crippen molar-refractivity contribution < 1.29 is 67.1 Å². The fourth-order valence-corrected chi connectivity index (χ4v) is 10.8. The van der Waals surface area contributed by atoms with Gasteiger partial charge < -0.3 is 64.3 Å². The number of hydrogen-bond acceptors (Lipinski definition) is 16. The molecule has 0 fully saturated rings. The minimum atomic E-state index is -2.00. The summed E-state index contributed by atoms with van der Waals surface area (Å²) in [5.74, 6) is -3.22. The number of phenols is 1. The maximum Gasteiger partial charge on any atom is 0.510 e.